The molecule has 3 aromatic carbocycles. The first-order valence-corrected chi connectivity index (χ1v) is 17.0. The van der Waals surface area contributed by atoms with Gasteiger partial charge in [-0.1, -0.05) is 109 Å². The summed E-state index contributed by atoms with van der Waals surface area (Å²) >= 11 is 0. The zero-order chi connectivity index (χ0) is 32.8. The molecule has 0 unspecified atom stereocenters. The van der Waals surface area contributed by atoms with E-state index in [-0.39, 0.29) is 27.7 Å². The molecule has 1 aliphatic heterocycles. The maximum absolute atomic E-state index is 12.6. The lowest BCUT2D eigenvalue weighted by molar-refractivity contribution is -0.126. The van der Waals surface area contributed by atoms with Crippen molar-refractivity contribution in [2.45, 2.75) is 88.9 Å². The monoisotopic (exact) mass is 625 g/mol. The summed E-state index contributed by atoms with van der Waals surface area (Å²) in [6.45, 7) is 17.9. The van der Waals surface area contributed by atoms with Crippen LogP contribution in [-0.4, -0.2) is 68.2 Å². The normalized spacial score (nSPS) is 15.9. The molecule has 242 valence electrons. The fraction of sp³-hybridized carbons (Fsp3) is 0.528. The molecule has 0 spiro atoms. The number of likely N-dealkylation sites (tertiary alicyclic amines) is 1. The molecule has 0 amide bonds. The Morgan fingerprint density at radius 3 is 2.07 bits per heavy atom. The third kappa shape index (κ3) is 8.76. The van der Waals surface area contributed by atoms with Crippen molar-refractivity contribution in [1.29, 1.82) is 0 Å². The summed E-state index contributed by atoms with van der Waals surface area (Å²) in [5, 5.41) is 10.1. The minimum atomic E-state index is -4.29. The van der Waals surface area contributed by atoms with Crippen molar-refractivity contribution in [3.63, 3.8) is 0 Å². The molecule has 1 fully saturated rings. The molecule has 3 aromatic rings. The zero-order valence-corrected chi connectivity index (χ0v) is 28.3. The number of hydrogen-bond acceptors (Lipinski definition) is 6. The Morgan fingerprint density at radius 2 is 1.55 bits per heavy atom. The van der Waals surface area contributed by atoms with E-state index >= 15 is 0 Å². The minimum absolute atomic E-state index is 0.0187. The number of ketones is 1. The van der Waals surface area contributed by atoms with Crippen LogP contribution in [0.3, 0.4) is 0 Å². The molecule has 44 heavy (non-hydrogen) atoms. The van der Waals surface area contributed by atoms with E-state index < -0.39 is 10.1 Å². The Morgan fingerprint density at radius 1 is 0.909 bits per heavy atom. The lowest BCUT2D eigenvalue weighted by Gasteiger charge is -2.41. The average Bonchev–Trinajstić information content (AvgIpc) is 2.97. The van der Waals surface area contributed by atoms with Crippen LogP contribution < -0.4 is 0 Å². The number of fused-ring (bicyclic) bond motifs is 1. The number of hydrogen-bond donors (Lipinski definition) is 2. The third-order valence-corrected chi connectivity index (χ3v) is 9.54. The molecule has 7 nitrogen and oxygen atoms in total. The molecular weight excluding hydrogens is 574 g/mol. The number of benzene rings is 3. The molecule has 1 heterocycles. The van der Waals surface area contributed by atoms with Crippen molar-refractivity contribution in [3.05, 3.63) is 77.4 Å². The van der Waals surface area contributed by atoms with E-state index in [9.17, 15) is 17.8 Å². The van der Waals surface area contributed by atoms with Gasteiger partial charge in [-0.2, -0.15) is 8.42 Å². The van der Waals surface area contributed by atoms with Crippen molar-refractivity contribution in [2.24, 2.45) is 0 Å². The molecule has 4 rings (SSSR count). The van der Waals surface area contributed by atoms with Gasteiger partial charge in [0.1, 0.15) is 10.7 Å². The summed E-state index contributed by atoms with van der Waals surface area (Å²) in [7, 11) is -4.29. The second kappa shape index (κ2) is 14.6. The summed E-state index contributed by atoms with van der Waals surface area (Å²) in [5.74, 6) is 0.356. The molecular formula is C36H51NO6S. The number of rotatable bonds is 9. The minimum Gasteiger partial charge on any atom is -0.394 e. The Labute approximate surface area is 264 Å². The molecule has 2 N–H and O–H groups in total. The number of aliphatic hydroxyl groups excluding tert-OH is 1. The van der Waals surface area contributed by atoms with Crippen molar-refractivity contribution in [3.8, 4) is 0 Å². The molecule has 0 bridgehead atoms. The number of nitrogens with zero attached hydrogens (tertiary/aromatic N) is 1. The van der Waals surface area contributed by atoms with Gasteiger partial charge >= 0.3 is 0 Å². The molecule has 8 heteroatoms. The van der Waals surface area contributed by atoms with Crippen LogP contribution in [-0.2, 0) is 35.9 Å². The zero-order valence-electron chi connectivity index (χ0n) is 27.5. The van der Waals surface area contributed by atoms with Crippen LogP contribution in [0.5, 0.6) is 0 Å². The Kier molecular flexibility index (Phi) is 11.9. The number of aliphatic hydroxyl groups is 1. The summed E-state index contributed by atoms with van der Waals surface area (Å²) in [6, 6.07) is 19.7. The third-order valence-electron chi connectivity index (χ3n) is 8.58. The van der Waals surface area contributed by atoms with E-state index in [0.717, 1.165) is 49.0 Å². The second-order valence-corrected chi connectivity index (χ2v) is 15.1. The van der Waals surface area contributed by atoms with Gasteiger partial charge in [0, 0.05) is 18.4 Å². The Hall–Kier alpha value is -2.62. The van der Waals surface area contributed by atoms with Gasteiger partial charge in [-0.05, 0) is 58.8 Å². The van der Waals surface area contributed by atoms with E-state index in [1.54, 1.807) is 12.1 Å². The molecule has 0 aliphatic carbocycles. The van der Waals surface area contributed by atoms with Gasteiger partial charge in [-0.25, -0.2) is 0 Å². The van der Waals surface area contributed by atoms with Gasteiger partial charge in [0.05, 0.1) is 25.2 Å². The molecule has 1 aliphatic rings. The van der Waals surface area contributed by atoms with Gasteiger partial charge < -0.3 is 14.7 Å². The lowest BCUT2D eigenvalue weighted by Crippen LogP contribution is -2.47. The summed E-state index contributed by atoms with van der Waals surface area (Å²) in [6.07, 6.45) is 2.35. The summed E-state index contributed by atoms with van der Waals surface area (Å²) in [4.78, 5) is 15.0. The molecule has 0 saturated carbocycles. The molecule has 1 saturated heterocycles. The SMILES string of the molecule is CC(C)(C)c1ccc2c(S(=O)(=O)O)c(C(C)(C)C)ccc2c1.CCC(=O)C1(c2ccccc2)CCN(CCOCCO)CC1. The van der Waals surface area contributed by atoms with Gasteiger partial charge in [0.2, 0.25) is 0 Å². The number of Topliss-reactive ketones (excluding diaryl/α,β-unsaturated/α-hetero) is 1. The fourth-order valence-corrected chi connectivity index (χ4v) is 7.09. The first-order chi connectivity index (χ1) is 20.5. The van der Waals surface area contributed by atoms with Gasteiger partial charge in [0.25, 0.3) is 10.1 Å². The maximum Gasteiger partial charge on any atom is 0.295 e. The quantitative estimate of drug-likeness (QED) is 0.202. The van der Waals surface area contributed by atoms with Crippen LogP contribution >= 0.6 is 0 Å². The van der Waals surface area contributed by atoms with Crippen LogP contribution in [0, 0.1) is 0 Å². The van der Waals surface area contributed by atoms with E-state index in [1.807, 2.05) is 64.1 Å². The van der Waals surface area contributed by atoms with Crippen LogP contribution in [0.15, 0.2) is 65.6 Å². The number of piperidine rings is 1. The Bertz CT molecular complexity index is 1500. The van der Waals surface area contributed by atoms with Crippen molar-refractivity contribution in [2.75, 3.05) is 39.5 Å². The highest BCUT2D eigenvalue weighted by molar-refractivity contribution is 7.86. The van der Waals surface area contributed by atoms with E-state index in [2.05, 4.69) is 37.8 Å². The lowest BCUT2D eigenvalue weighted by atomic mass is 9.69. The predicted octanol–water partition coefficient (Wildman–Crippen LogP) is 6.69. The van der Waals surface area contributed by atoms with E-state index in [1.165, 1.54) is 0 Å². The van der Waals surface area contributed by atoms with Gasteiger partial charge in [-0.3, -0.25) is 9.35 Å². The molecule has 0 atom stereocenters. The highest BCUT2D eigenvalue weighted by Crippen LogP contribution is 2.38. The smallest absolute Gasteiger partial charge is 0.295 e. The topological polar surface area (TPSA) is 104 Å². The van der Waals surface area contributed by atoms with Crippen molar-refractivity contribution >= 4 is 26.7 Å². The number of carbonyl (C=O) groups excluding carboxylic acids is 1. The van der Waals surface area contributed by atoms with Gasteiger partial charge in [-0.15, -0.1) is 0 Å². The molecule has 0 radical (unpaired) electrons. The highest BCUT2D eigenvalue weighted by Gasteiger charge is 2.41. The first-order valence-electron chi connectivity index (χ1n) is 15.6. The van der Waals surface area contributed by atoms with Crippen molar-refractivity contribution < 1.29 is 27.6 Å². The number of ether oxygens (including phenoxy) is 1. The van der Waals surface area contributed by atoms with Crippen LogP contribution in [0.4, 0.5) is 0 Å². The summed E-state index contributed by atoms with van der Waals surface area (Å²) < 4.78 is 39.0. The summed E-state index contributed by atoms with van der Waals surface area (Å²) in [5.41, 5.74) is 2.23. The van der Waals surface area contributed by atoms with E-state index in [0.29, 0.717) is 36.4 Å². The van der Waals surface area contributed by atoms with Crippen LogP contribution in [0.1, 0.15) is 84.4 Å². The maximum atomic E-state index is 12.6. The second-order valence-electron chi connectivity index (χ2n) is 13.8. The largest absolute Gasteiger partial charge is 0.394 e. The highest BCUT2D eigenvalue weighted by atomic mass is 32.2. The van der Waals surface area contributed by atoms with Crippen LogP contribution in [0.2, 0.25) is 0 Å². The average molecular weight is 626 g/mol. The van der Waals surface area contributed by atoms with Crippen LogP contribution in [0.25, 0.3) is 10.8 Å². The van der Waals surface area contributed by atoms with Gasteiger partial charge in [0.15, 0.2) is 0 Å². The fourth-order valence-electron chi connectivity index (χ4n) is 5.98. The standard InChI is InChI=1S/C18H27NO3.C18H24O3S/c1-2-17(21)18(16-6-4-3-5-7-16)8-10-19(11-9-18)12-14-22-15-13-20;1-17(2,3)13-8-9-14-12(11-13)7-10-15(18(4,5)6)16(14)22(19,20)21/h3-7,20H,2,8-15H2,1H3;7-11H,1-6H3,(H,19,20,21). The van der Waals surface area contributed by atoms with E-state index in [4.69, 9.17) is 9.84 Å². The van der Waals surface area contributed by atoms with Crippen molar-refractivity contribution in [1.82, 2.24) is 4.90 Å². The molecule has 0 aromatic heterocycles. The first kappa shape index (κ1) is 35.9. The Balaban J connectivity index is 0.000000240. The number of carbonyl (C=O) groups is 1. The predicted molar refractivity (Wildman–Crippen MR) is 178 cm³/mol.